The Labute approximate surface area is 125 Å². The molecule has 0 bridgehead atoms. The number of hydrogen-bond acceptors (Lipinski definition) is 4. The van der Waals surface area contributed by atoms with Crippen molar-refractivity contribution in [2.45, 2.75) is 6.92 Å². The fourth-order valence-corrected chi connectivity index (χ4v) is 3.36. The molecule has 3 rings (SSSR count). The van der Waals surface area contributed by atoms with Gasteiger partial charge in [-0.25, -0.2) is 4.79 Å². The van der Waals surface area contributed by atoms with Gasteiger partial charge in [0, 0.05) is 11.6 Å². The fraction of sp³-hybridized carbons (Fsp3) is 0.125. The molecule has 2 heterocycles. The first-order valence-corrected chi connectivity index (χ1v) is 7.41. The van der Waals surface area contributed by atoms with Crippen molar-refractivity contribution < 1.29 is 14.3 Å². The van der Waals surface area contributed by atoms with Crippen molar-refractivity contribution in [2.24, 2.45) is 0 Å². The molecule has 0 saturated carbocycles. The number of carbonyl (C=O) groups excluding carboxylic acids is 1. The molecule has 106 valence electrons. The van der Waals surface area contributed by atoms with Crippen molar-refractivity contribution in [3.05, 3.63) is 58.7 Å². The van der Waals surface area contributed by atoms with Gasteiger partial charge >= 0.3 is 5.97 Å². The van der Waals surface area contributed by atoms with E-state index in [0.29, 0.717) is 16.3 Å². The van der Waals surface area contributed by atoms with Crippen molar-refractivity contribution in [2.75, 3.05) is 6.61 Å². The minimum Gasteiger partial charge on any atom is -0.618 e. The first kappa shape index (κ1) is 13.6. The Morgan fingerprint density at radius 1 is 1.24 bits per heavy atom. The number of carbonyl (C=O) groups is 1. The van der Waals surface area contributed by atoms with E-state index >= 15 is 0 Å². The molecule has 0 atom stereocenters. The predicted octanol–water partition coefficient (Wildman–Crippen LogP) is 3.38. The average molecular weight is 299 g/mol. The SMILES string of the molecule is CCOC(=O)c1sc2c(ccc[n+]2[O-])c1-c1ccccc1. The van der Waals surface area contributed by atoms with E-state index in [4.69, 9.17) is 4.74 Å². The number of benzene rings is 1. The van der Waals surface area contributed by atoms with Crippen LogP contribution in [-0.4, -0.2) is 12.6 Å². The number of esters is 1. The van der Waals surface area contributed by atoms with Crippen molar-refractivity contribution >= 4 is 27.5 Å². The van der Waals surface area contributed by atoms with E-state index < -0.39 is 5.97 Å². The summed E-state index contributed by atoms with van der Waals surface area (Å²) >= 11 is 1.17. The number of aromatic nitrogens is 1. The minimum absolute atomic E-state index is 0.304. The Balaban J connectivity index is 2.31. The van der Waals surface area contributed by atoms with Gasteiger partial charge in [-0.05, 0) is 18.6 Å². The third-order valence-electron chi connectivity index (χ3n) is 3.13. The van der Waals surface area contributed by atoms with Crippen LogP contribution in [0.15, 0.2) is 48.7 Å². The highest BCUT2D eigenvalue weighted by molar-refractivity contribution is 7.20. The Morgan fingerprint density at radius 3 is 2.71 bits per heavy atom. The summed E-state index contributed by atoms with van der Waals surface area (Å²) in [5.41, 5.74) is 1.66. The van der Waals surface area contributed by atoms with E-state index in [1.807, 2.05) is 36.4 Å². The lowest BCUT2D eigenvalue weighted by atomic mass is 10.0. The van der Waals surface area contributed by atoms with Gasteiger partial charge < -0.3 is 9.94 Å². The summed E-state index contributed by atoms with van der Waals surface area (Å²) in [5.74, 6) is -0.391. The monoisotopic (exact) mass is 299 g/mol. The third-order valence-corrected chi connectivity index (χ3v) is 4.30. The topological polar surface area (TPSA) is 53.2 Å². The van der Waals surface area contributed by atoms with E-state index in [1.54, 1.807) is 13.0 Å². The quantitative estimate of drug-likeness (QED) is 0.423. The summed E-state index contributed by atoms with van der Waals surface area (Å²) < 4.78 is 5.91. The summed E-state index contributed by atoms with van der Waals surface area (Å²) in [4.78, 5) is 13.2. The molecule has 0 aliphatic rings. The van der Waals surface area contributed by atoms with E-state index in [0.717, 1.165) is 21.2 Å². The zero-order chi connectivity index (χ0) is 14.8. The van der Waals surface area contributed by atoms with Gasteiger partial charge in [0.05, 0.1) is 12.0 Å². The van der Waals surface area contributed by atoms with E-state index in [1.165, 1.54) is 17.5 Å². The number of nitrogens with zero attached hydrogens (tertiary/aromatic N) is 1. The first-order valence-electron chi connectivity index (χ1n) is 6.59. The van der Waals surface area contributed by atoms with Gasteiger partial charge in [0.25, 0.3) is 4.83 Å². The molecule has 0 N–H and O–H groups in total. The summed E-state index contributed by atoms with van der Waals surface area (Å²) in [6.45, 7) is 2.07. The lowest BCUT2D eigenvalue weighted by molar-refractivity contribution is -0.574. The summed E-state index contributed by atoms with van der Waals surface area (Å²) in [6.07, 6.45) is 1.43. The highest BCUT2D eigenvalue weighted by Crippen LogP contribution is 2.37. The lowest BCUT2D eigenvalue weighted by Gasteiger charge is -2.04. The van der Waals surface area contributed by atoms with Crippen molar-refractivity contribution in [1.29, 1.82) is 0 Å². The second kappa shape index (κ2) is 5.54. The van der Waals surface area contributed by atoms with Crippen LogP contribution in [0.3, 0.4) is 0 Å². The highest BCUT2D eigenvalue weighted by atomic mass is 32.1. The molecule has 0 radical (unpaired) electrons. The van der Waals surface area contributed by atoms with Crippen LogP contribution in [0.2, 0.25) is 0 Å². The van der Waals surface area contributed by atoms with Gasteiger partial charge in [0.2, 0.25) is 0 Å². The van der Waals surface area contributed by atoms with Gasteiger partial charge in [0.15, 0.2) is 6.20 Å². The second-order valence-electron chi connectivity index (χ2n) is 4.45. The summed E-state index contributed by atoms with van der Waals surface area (Å²) in [6, 6.07) is 13.1. The Morgan fingerprint density at radius 2 is 2.00 bits per heavy atom. The molecule has 4 nitrogen and oxygen atoms in total. The zero-order valence-corrected chi connectivity index (χ0v) is 12.2. The molecule has 3 aromatic rings. The van der Waals surface area contributed by atoms with Crippen LogP contribution >= 0.6 is 11.3 Å². The molecule has 0 spiro atoms. The minimum atomic E-state index is -0.391. The molecule has 5 heteroatoms. The largest absolute Gasteiger partial charge is 0.618 e. The van der Waals surface area contributed by atoms with Gasteiger partial charge in [-0.2, -0.15) is 4.73 Å². The number of ether oxygens (including phenoxy) is 1. The fourth-order valence-electron chi connectivity index (χ4n) is 2.27. The van der Waals surface area contributed by atoms with Crippen LogP contribution in [-0.2, 0) is 4.74 Å². The van der Waals surface area contributed by atoms with Crippen LogP contribution in [0.4, 0.5) is 0 Å². The lowest BCUT2D eigenvalue weighted by Crippen LogP contribution is -2.24. The molecule has 1 aromatic carbocycles. The first-order chi connectivity index (χ1) is 10.2. The Kier molecular flexibility index (Phi) is 3.58. The standard InChI is InChI=1S/C16H13NO3S/c1-2-20-16(18)14-13(11-7-4-3-5-8-11)12-9-6-10-17(19)15(12)21-14/h3-10H,2H2,1H3. The van der Waals surface area contributed by atoms with Gasteiger partial charge in [-0.1, -0.05) is 41.7 Å². The van der Waals surface area contributed by atoms with Gasteiger partial charge in [-0.3, -0.25) is 0 Å². The molecule has 0 aliphatic carbocycles. The number of fused-ring (bicyclic) bond motifs is 1. The summed E-state index contributed by atoms with van der Waals surface area (Å²) in [5, 5.41) is 12.7. The van der Waals surface area contributed by atoms with E-state index in [9.17, 15) is 10.0 Å². The maximum absolute atomic E-state index is 12.2. The van der Waals surface area contributed by atoms with E-state index in [2.05, 4.69) is 0 Å². The second-order valence-corrected chi connectivity index (χ2v) is 5.44. The van der Waals surface area contributed by atoms with Crippen LogP contribution < -0.4 is 4.73 Å². The number of pyridine rings is 1. The predicted molar refractivity (Wildman–Crippen MR) is 82.2 cm³/mol. The van der Waals surface area contributed by atoms with Crippen molar-refractivity contribution in [1.82, 2.24) is 0 Å². The van der Waals surface area contributed by atoms with Crippen LogP contribution in [0.25, 0.3) is 21.3 Å². The van der Waals surface area contributed by atoms with Crippen LogP contribution in [0.1, 0.15) is 16.6 Å². The van der Waals surface area contributed by atoms with Crippen LogP contribution in [0, 0.1) is 5.21 Å². The molecular weight excluding hydrogens is 286 g/mol. The van der Waals surface area contributed by atoms with Gasteiger partial charge in [0.1, 0.15) is 4.88 Å². The zero-order valence-electron chi connectivity index (χ0n) is 11.4. The maximum Gasteiger partial charge on any atom is 0.349 e. The molecule has 2 aromatic heterocycles. The molecular formula is C16H13NO3S. The van der Waals surface area contributed by atoms with Crippen molar-refractivity contribution in [3.8, 4) is 11.1 Å². The van der Waals surface area contributed by atoms with Crippen molar-refractivity contribution in [3.63, 3.8) is 0 Å². The third kappa shape index (κ3) is 2.36. The molecule has 0 amide bonds. The Bertz CT molecular complexity index is 796. The van der Waals surface area contributed by atoms with Gasteiger partial charge in [-0.15, -0.1) is 0 Å². The maximum atomic E-state index is 12.2. The van der Waals surface area contributed by atoms with E-state index in [-0.39, 0.29) is 0 Å². The average Bonchev–Trinajstić information content (AvgIpc) is 2.89. The van der Waals surface area contributed by atoms with Crippen LogP contribution in [0.5, 0.6) is 0 Å². The molecule has 0 aliphatic heterocycles. The molecule has 0 unspecified atom stereocenters. The summed E-state index contributed by atoms with van der Waals surface area (Å²) in [7, 11) is 0. The molecule has 0 saturated heterocycles. The highest BCUT2D eigenvalue weighted by Gasteiger charge is 2.24. The normalized spacial score (nSPS) is 10.7. The smallest absolute Gasteiger partial charge is 0.349 e. The number of thiophene rings is 1. The number of rotatable bonds is 3. The number of hydrogen-bond donors (Lipinski definition) is 0. The Hall–Kier alpha value is -2.40. The molecule has 0 fully saturated rings. The molecule has 21 heavy (non-hydrogen) atoms.